The van der Waals surface area contributed by atoms with Gasteiger partial charge in [-0.3, -0.25) is 4.57 Å². The van der Waals surface area contributed by atoms with E-state index in [1.54, 1.807) is 0 Å². The summed E-state index contributed by atoms with van der Waals surface area (Å²) in [5.74, 6) is 3.17. The van der Waals surface area contributed by atoms with Crippen LogP contribution in [0.4, 0.5) is 0 Å². The van der Waals surface area contributed by atoms with E-state index in [2.05, 4.69) is 191 Å². The molecule has 0 atom stereocenters. The summed E-state index contributed by atoms with van der Waals surface area (Å²) >= 11 is 0. The minimum atomic E-state index is 0.316. The number of nitrogens with one attached hydrogen (secondary N) is 1. The first-order valence-corrected chi connectivity index (χ1v) is 19.8. The molecule has 0 aliphatic rings. The fraction of sp³-hybridized carbons (Fsp3) is 0.240. The van der Waals surface area contributed by atoms with Gasteiger partial charge in [0.2, 0.25) is 0 Å². The third kappa shape index (κ3) is 5.59. The molecule has 0 fully saturated rings. The molecule has 0 saturated carbocycles. The molecule has 0 radical (unpaired) electrons. The van der Waals surface area contributed by atoms with Crippen molar-refractivity contribution in [3.8, 4) is 34.2 Å². The Labute approximate surface area is 323 Å². The van der Waals surface area contributed by atoms with Gasteiger partial charge in [0.05, 0.1) is 16.7 Å². The lowest BCUT2D eigenvalue weighted by Gasteiger charge is -2.22. The van der Waals surface area contributed by atoms with Crippen LogP contribution in [0, 0.1) is 0 Å². The molecule has 0 bridgehead atoms. The number of nitrogens with zero attached hydrogens (tertiary/aromatic N) is 3. The quantitative estimate of drug-likeness (QED) is 0.159. The molecule has 0 aliphatic carbocycles. The maximum atomic E-state index is 6.89. The van der Waals surface area contributed by atoms with Gasteiger partial charge in [-0.1, -0.05) is 134 Å². The van der Waals surface area contributed by atoms with Gasteiger partial charge in [0, 0.05) is 27.5 Å². The van der Waals surface area contributed by atoms with Gasteiger partial charge in [0.25, 0.3) is 5.82 Å². The van der Waals surface area contributed by atoms with Crippen LogP contribution < -0.4 is 4.57 Å². The Morgan fingerprint density at radius 3 is 1.89 bits per heavy atom. The predicted molar refractivity (Wildman–Crippen MR) is 229 cm³/mol. The second kappa shape index (κ2) is 13.4. The summed E-state index contributed by atoms with van der Waals surface area (Å²) in [4.78, 5) is 9.40. The average molecular weight is 722 g/mol. The Hall–Kier alpha value is -5.94. The number of benzene rings is 6. The van der Waals surface area contributed by atoms with Crippen LogP contribution in [0.5, 0.6) is 0 Å². The number of H-pyrrole nitrogens is 1. The molecule has 9 aromatic rings. The van der Waals surface area contributed by atoms with E-state index in [-0.39, 0.29) is 0 Å². The lowest BCUT2D eigenvalue weighted by Crippen LogP contribution is -2.35. The van der Waals surface area contributed by atoms with E-state index >= 15 is 0 Å². The van der Waals surface area contributed by atoms with E-state index in [1.807, 2.05) is 0 Å². The van der Waals surface area contributed by atoms with Crippen molar-refractivity contribution in [1.82, 2.24) is 14.5 Å². The molecule has 0 aliphatic heterocycles. The van der Waals surface area contributed by atoms with Crippen LogP contribution in [0.2, 0.25) is 0 Å². The molecule has 3 aromatic heterocycles. The van der Waals surface area contributed by atoms with Gasteiger partial charge < -0.3 is 4.42 Å². The van der Waals surface area contributed by atoms with Gasteiger partial charge in [0.1, 0.15) is 22.7 Å². The fourth-order valence-electron chi connectivity index (χ4n) is 8.62. The second-order valence-corrected chi connectivity index (χ2v) is 16.3. The maximum Gasteiger partial charge on any atom is 0.296 e. The first kappa shape index (κ1) is 34.8. The number of para-hydroxylation sites is 7. The van der Waals surface area contributed by atoms with Crippen LogP contribution in [0.25, 0.3) is 78.2 Å². The SMILES string of the molecule is CC(C)c1cccc(C(C)C)c1-n1c(-c2cc(-c3[nH]c4ccccc4[n+]3-c3c(C(C)C)cccc3C(C)C)c3oc4ccccc4c3c2)nc2ccccc21. The fourth-order valence-corrected chi connectivity index (χ4v) is 8.62. The van der Waals surface area contributed by atoms with Crippen LogP contribution in [-0.2, 0) is 0 Å². The summed E-state index contributed by atoms with van der Waals surface area (Å²) in [7, 11) is 0. The molecule has 0 unspecified atom stereocenters. The zero-order valence-corrected chi connectivity index (χ0v) is 33.1. The number of hydrogen-bond acceptors (Lipinski definition) is 2. The molecule has 6 aromatic carbocycles. The molecule has 3 heterocycles. The molecule has 55 heavy (non-hydrogen) atoms. The van der Waals surface area contributed by atoms with Crippen molar-refractivity contribution < 1.29 is 8.98 Å². The predicted octanol–water partition coefficient (Wildman–Crippen LogP) is 13.5. The van der Waals surface area contributed by atoms with E-state index in [0.29, 0.717) is 23.7 Å². The molecular weight excluding hydrogens is 673 g/mol. The number of furan rings is 1. The van der Waals surface area contributed by atoms with Gasteiger partial charge in [-0.25, -0.2) is 9.97 Å². The average Bonchev–Trinajstić information content (AvgIpc) is 3.88. The topological polar surface area (TPSA) is 50.6 Å². The van der Waals surface area contributed by atoms with Gasteiger partial charge in [-0.2, -0.15) is 4.57 Å². The van der Waals surface area contributed by atoms with Gasteiger partial charge >= 0.3 is 0 Å². The zero-order chi connectivity index (χ0) is 38.1. The summed E-state index contributed by atoms with van der Waals surface area (Å²) in [6.45, 7) is 18.3. The number of imidazole rings is 2. The molecule has 1 N–H and O–H groups in total. The lowest BCUT2D eigenvalue weighted by atomic mass is 9.92. The molecule has 0 saturated heterocycles. The van der Waals surface area contributed by atoms with Crippen LogP contribution in [0.15, 0.2) is 126 Å². The first-order chi connectivity index (χ1) is 26.6. The number of hydrogen-bond donors (Lipinski definition) is 1. The Morgan fingerprint density at radius 1 is 0.600 bits per heavy atom. The monoisotopic (exact) mass is 721 g/mol. The summed E-state index contributed by atoms with van der Waals surface area (Å²) in [5, 5.41) is 2.15. The summed E-state index contributed by atoms with van der Waals surface area (Å²) in [5.41, 5.74) is 15.7. The Bertz CT molecular complexity index is 2840. The highest BCUT2D eigenvalue weighted by molar-refractivity contribution is 6.11. The highest BCUT2D eigenvalue weighted by Gasteiger charge is 2.32. The van der Waals surface area contributed by atoms with Crippen LogP contribution >= 0.6 is 0 Å². The van der Waals surface area contributed by atoms with Crippen LogP contribution in [0.1, 0.15) is 101 Å². The van der Waals surface area contributed by atoms with E-state index in [0.717, 1.165) is 66.8 Å². The van der Waals surface area contributed by atoms with Crippen molar-refractivity contribution in [1.29, 1.82) is 0 Å². The minimum absolute atomic E-state index is 0.316. The number of fused-ring (bicyclic) bond motifs is 5. The summed E-state index contributed by atoms with van der Waals surface area (Å²) < 4.78 is 11.8. The third-order valence-corrected chi connectivity index (χ3v) is 11.3. The largest absolute Gasteiger partial charge is 0.455 e. The van der Waals surface area contributed by atoms with Crippen LogP contribution in [-0.4, -0.2) is 14.5 Å². The Kier molecular flexibility index (Phi) is 8.49. The maximum absolute atomic E-state index is 6.89. The first-order valence-electron chi connectivity index (χ1n) is 19.8. The minimum Gasteiger partial charge on any atom is -0.455 e. The lowest BCUT2D eigenvalue weighted by molar-refractivity contribution is -0.556. The van der Waals surface area contributed by atoms with Crippen LogP contribution in [0.3, 0.4) is 0 Å². The number of aromatic amines is 1. The molecule has 0 amide bonds. The van der Waals surface area contributed by atoms with Crippen molar-refractivity contribution in [2.45, 2.75) is 79.1 Å². The van der Waals surface area contributed by atoms with E-state index in [4.69, 9.17) is 9.40 Å². The Balaban J connectivity index is 1.44. The Morgan fingerprint density at radius 2 is 1.20 bits per heavy atom. The smallest absolute Gasteiger partial charge is 0.296 e. The number of aromatic nitrogens is 4. The molecule has 5 nitrogen and oxygen atoms in total. The van der Waals surface area contributed by atoms with Crippen molar-refractivity contribution in [3.05, 3.63) is 144 Å². The molecule has 274 valence electrons. The molecule has 9 rings (SSSR count). The summed E-state index contributed by atoms with van der Waals surface area (Å²) in [6, 6.07) is 43.8. The van der Waals surface area contributed by atoms with Gasteiger partial charge in [0.15, 0.2) is 16.6 Å². The summed E-state index contributed by atoms with van der Waals surface area (Å²) in [6.07, 6.45) is 0. The molecule has 5 heteroatoms. The number of rotatable bonds is 8. The third-order valence-electron chi connectivity index (χ3n) is 11.3. The van der Waals surface area contributed by atoms with E-state index in [1.165, 1.54) is 33.6 Å². The normalized spacial score (nSPS) is 12.3. The second-order valence-electron chi connectivity index (χ2n) is 16.3. The van der Waals surface area contributed by atoms with E-state index < -0.39 is 0 Å². The van der Waals surface area contributed by atoms with E-state index in [9.17, 15) is 0 Å². The highest BCUT2D eigenvalue weighted by Crippen LogP contribution is 2.43. The standard InChI is InChI=1S/C50H48N4O/c1-29(2)34-18-15-19-35(30(3)4)46(34)53-43-24-12-10-22-41(43)51-49(53)33-27-39-38-17-9-14-26-45(38)55-48(39)40(28-33)50-52-42-23-11-13-25-44(42)54(50)47-36(31(5)6)20-16-21-37(47)32(7)8/h9-32H,1-8H3/p+1. The van der Waals surface area contributed by atoms with Crippen molar-refractivity contribution >= 4 is 44.0 Å². The van der Waals surface area contributed by atoms with Crippen molar-refractivity contribution in [2.24, 2.45) is 0 Å². The molecular formula is C50H49N4O+. The zero-order valence-electron chi connectivity index (χ0n) is 33.1. The van der Waals surface area contributed by atoms with Crippen molar-refractivity contribution in [3.63, 3.8) is 0 Å². The highest BCUT2D eigenvalue weighted by atomic mass is 16.3. The van der Waals surface area contributed by atoms with Gasteiger partial charge in [-0.15, -0.1) is 0 Å². The van der Waals surface area contributed by atoms with Crippen molar-refractivity contribution in [2.75, 3.05) is 0 Å². The molecule has 0 spiro atoms. The van der Waals surface area contributed by atoms with Gasteiger partial charge in [-0.05, 0) is 77.3 Å².